The molecule has 0 aromatic heterocycles. The Kier molecular flexibility index (Phi) is 33.6. The number of ether oxygens (including phenoxy) is 4. The second kappa shape index (κ2) is 27.7. The van der Waals surface area contributed by atoms with E-state index in [0.29, 0.717) is 25.6 Å². The van der Waals surface area contributed by atoms with Crippen LogP contribution in [0.1, 0.15) is 26.7 Å². The number of esters is 2. The van der Waals surface area contributed by atoms with E-state index in [1.165, 1.54) is 0 Å². The molecule has 0 radical (unpaired) electrons. The summed E-state index contributed by atoms with van der Waals surface area (Å²) in [7, 11) is 0. The van der Waals surface area contributed by atoms with Crippen LogP contribution in [0.4, 0.5) is 0 Å². The normalized spacial score (nSPS) is 20.4. The van der Waals surface area contributed by atoms with Crippen LogP contribution >= 0.6 is 0 Å². The summed E-state index contributed by atoms with van der Waals surface area (Å²) in [5.74, 6) is -0.132. The maximum absolute atomic E-state index is 9.89. The van der Waals surface area contributed by atoms with Crippen LogP contribution < -0.4 is 0 Å². The van der Waals surface area contributed by atoms with Crippen molar-refractivity contribution >= 4 is 11.9 Å². The summed E-state index contributed by atoms with van der Waals surface area (Å²) in [6.07, 6.45) is 2.01. The second-order valence-corrected chi connectivity index (χ2v) is 4.23. The minimum absolute atomic E-state index is 0.0648. The van der Waals surface area contributed by atoms with Crippen molar-refractivity contribution in [1.29, 1.82) is 0 Å². The molecule has 2 unspecified atom stereocenters. The summed E-state index contributed by atoms with van der Waals surface area (Å²) in [4.78, 5) is 19.6. The molecule has 10 heteroatoms. The van der Waals surface area contributed by atoms with Crippen LogP contribution in [0.15, 0.2) is 0 Å². The second-order valence-electron chi connectivity index (χ2n) is 4.23. The molecule has 4 fully saturated rings. The zero-order valence-corrected chi connectivity index (χ0v) is 14.5. The first-order valence-corrected chi connectivity index (χ1v) is 6.94. The van der Waals surface area contributed by atoms with Gasteiger partial charge in [-0.3, -0.25) is 9.59 Å². The maximum atomic E-state index is 9.89. The van der Waals surface area contributed by atoms with Crippen molar-refractivity contribution in [2.75, 3.05) is 26.4 Å². The van der Waals surface area contributed by atoms with Gasteiger partial charge in [-0.1, -0.05) is 0 Å². The SMILES string of the molecule is C1CO1.CC1CC(=O)O1.CC1CO1.O=C1CCO1.[C-]#[O+].[C-]#[O+].[C-]#[O+].[C-]#[O+]. The van der Waals surface area contributed by atoms with Gasteiger partial charge in [-0.05, 0) is 13.8 Å². The molecule has 0 aromatic rings. The zero-order valence-electron chi connectivity index (χ0n) is 14.5. The van der Waals surface area contributed by atoms with Gasteiger partial charge in [-0.2, -0.15) is 0 Å². The van der Waals surface area contributed by atoms with E-state index in [-0.39, 0.29) is 18.0 Å². The molecule has 0 saturated carbocycles. The summed E-state index contributed by atoms with van der Waals surface area (Å²) in [5, 5.41) is 0. The standard InChI is InChI=1S/C4H6O2.C3H4O2.C3H6O.C2H4O.4CO/c1-3-2-4(5)6-3;4-3-1-2-5-3;1-3-2-4-3;1-2-3-1;4*1-2/h3H,2H2,1H3;1-2H2;3H,2H2,1H3;1-2H2;;;;. The molecule has 0 N–H and O–H groups in total. The monoisotopic (exact) mass is 372 g/mol. The minimum atomic E-state index is -0.0671. The molecule has 10 nitrogen and oxygen atoms in total. The van der Waals surface area contributed by atoms with Crippen molar-refractivity contribution in [3.8, 4) is 0 Å². The molecule has 0 aliphatic carbocycles. The van der Waals surface area contributed by atoms with E-state index >= 15 is 0 Å². The number of hydrogen-bond acceptors (Lipinski definition) is 6. The van der Waals surface area contributed by atoms with Gasteiger partial charge < -0.3 is 18.9 Å². The topological polar surface area (TPSA) is 157 Å². The summed E-state index contributed by atoms with van der Waals surface area (Å²) in [5.41, 5.74) is 0. The quantitative estimate of drug-likeness (QED) is 0.261. The van der Waals surface area contributed by atoms with Crippen LogP contribution in [0.3, 0.4) is 0 Å². The van der Waals surface area contributed by atoms with Crippen LogP contribution in [0.5, 0.6) is 0 Å². The predicted molar refractivity (Wildman–Crippen MR) is 77.7 cm³/mol. The number of carbonyl (C=O) groups is 2. The summed E-state index contributed by atoms with van der Waals surface area (Å²) in [6.45, 7) is 25.6. The van der Waals surface area contributed by atoms with E-state index in [2.05, 4.69) is 47.7 Å². The first kappa shape index (κ1) is 31.6. The van der Waals surface area contributed by atoms with Gasteiger partial charge in [0.2, 0.25) is 0 Å². The average molecular weight is 372 g/mol. The molecule has 4 heterocycles. The molecule has 0 amide bonds. The van der Waals surface area contributed by atoms with Gasteiger partial charge >= 0.3 is 57.1 Å². The Bertz CT molecular complexity index is 377. The molecule has 0 bridgehead atoms. The molecular weight excluding hydrogens is 352 g/mol. The van der Waals surface area contributed by atoms with Gasteiger partial charge in [-0.15, -0.1) is 0 Å². The van der Waals surface area contributed by atoms with E-state index in [0.717, 1.165) is 19.8 Å². The van der Waals surface area contributed by atoms with Crippen molar-refractivity contribution in [2.45, 2.75) is 38.9 Å². The van der Waals surface area contributed by atoms with E-state index in [1.54, 1.807) is 0 Å². The number of carbonyl (C=O) groups excluding carboxylic acids is 2. The molecule has 0 aromatic carbocycles. The fraction of sp³-hybridized carbons (Fsp3) is 0.625. The Morgan fingerprint density at radius 2 is 1.08 bits per heavy atom. The molecule has 26 heavy (non-hydrogen) atoms. The summed E-state index contributed by atoms with van der Waals surface area (Å²) >= 11 is 0. The fourth-order valence-electron chi connectivity index (χ4n) is 0.731. The van der Waals surface area contributed by atoms with Crippen LogP contribution in [-0.2, 0) is 47.1 Å². The van der Waals surface area contributed by atoms with Gasteiger partial charge in [-0.25, -0.2) is 0 Å². The van der Waals surface area contributed by atoms with Crippen molar-refractivity contribution in [1.82, 2.24) is 0 Å². The average Bonchev–Trinajstić information content (AvgIpc) is 3.55. The third kappa shape index (κ3) is 37.8. The fourth-order valence-corrected chi connectivity index (χ4v) is 0.731. The number of rotatable bonds is 0. The molecular formula is C16H20O10. The Labute approximate surface area is 152 Å². The molecule has 4 rings (SSSR count). The van der Waals surface area contributed by atoms with Crippen molar-refractivity contribution in [3.63, 3.8) is 0 Å². The number of epoxide rings is 2. The Hall–Kier alpha value is -2.18. The van der Waals surface area contributed by atoms with E-state index in [4.69, 9.17) is 23.3 Å². The Morgan fingerprint density at radius 3 is 1.08 bits per heavy atom. The predicted octanol–water partition coefficient (Wildman–Crippen LogP) is 0.527. The number of hydrogen-bond donors (Lipinski definition) is 0. The summed E-state index contributed by atoms with van der Waals surface area (Å²) in [6, 6.07) is 0. The Balaban J connectivity index is -0.000000112. The van der Waals surface area contributed by atoms with Gasteiger partial charge in [0.15, 0.2) is 0 Å². The Morgan fingerprint density at radius 1 is 0.808 bits per heavy atom. The van der Waals surface area contributed by atoms with Gasteiger partial charge in [0.1, 0.15) is 12.7 Å². The molecule has 4 aliphatic rings. The molecule has 4 aliphatic heterocycles. The van der Waals surface area contributed by atoms with Crippen LogP contribution in [-0.4, -0.2) is 50.6 Å². The van der Waals surface area contributed by atoms with Gasteiger partial charge in [0, 0.05) is 0 Å². The van der Waals surface area contributed by atoms with Gasteiger partial charge in [0.25, 0.3) is 0 Å². The third-order valence-electron chi connectivity index (χ3n) is 2.06. The molecule has 4 saturated heterocycles. The van der Waals surface area contributed by atoms with E-state index < -0.39 is 0 Å². The van der Waals surface area contributed by atoms with Crippen LogP contribution in [0, 0.1) is 26.6 Å². The molecule has 144 valence electrons. The van der Waals surface area contributed by atoms with E-state index in [1.807, 2.05) is 6.92 Å². The van der Waals surface area contributed by atoms with Crippen LogP contribution in [0.25, 0.3) is 0 Å². The molecule has 0 spiro atoms. The summed E-state index contributed by atoms with van der Waals surface area (Å²) < 4.78 is 48.0. The number of cyclic esters (lactones) is 2. The van der Waals surface area contributed by atoms with Crippen molar-refractivity contribution in [3.05, 3.63) is 26.6 Å². The first-order valence-electron chi connectivity index (χ1n) is 6.94. The molecule has 2 atom stereocenters. The first-order chi connectivity index (χ1) is 12.6. The van der Waals surface area contributed by atoms with Crippen molar-refractivity contribution < 1.29 is 47.1 Å². The van der Waals surface area contributed by atoms with Crippen LogP contribution in [0.2, 0.25) is 0 Å². The zero-order chi connectivity index (χ0) is 21.4. The van der Waals surface area contributed by atoms with Crippen molar-refractivity contribution in [2.24, 2.45) is 0 Å². The van der Waals surface area contributed by atoms with Gasteiger partial charge in [0.05, 0.1) is 38.8 Å². The third-order valence-corrected chi connectivity index (χ3v) is 2.06. The van der Waals surface area contributed by atoms with E-state index in [9.17, 15) is 9.59 Å².